The molecule has 2 aromatic rings. The lowest BCUT2D eigenvalue weighted by atomic mass is 10.0. The van der Waals surface area contributed by atoms with Gasteiger partial charge in [-0.15, -0.1) is 5.10 Å². The average Bonchev–Trinajstić information content (AvgIpc) is 3.54. The quantitative estimate of drug-likeness (QED) is 0.700. The highest BCUT2D eigenvalue weighted by molar-refractivity contribution is 5.26. The van der Waals surface area contributed by atoms with Gasteiger partial charge in [0, 0.05) is 12.2 Å². The number of tetrazole rings is 1. The smallest absolute Gasteiger partial charge is 0.214 e. The zero-order valence-electron chi connectivity index (χ0n) is 18.2. The minimum absolute atomic E-state index is 0.187. The molecular formula is C23H36N6O+2. The number of aryl methyl sites for hydroxylation is 1. The van der Waals surface area contributed by atoms with Gasteiger partial charge in [0.25, 0.3) is 0 Å². The zero-order valence-corrected chi connectivity index (χ0v) is 18.2. The second-order valence-electron chi connectivity index (χ2n) is 9.50. The number of ether oxygens (including phenoxy) is 1. The van der Waals surface area contributed by atoms with Gasteiger partial charge in [-0.3, -0.25) is 0 Å². The zero-order chi connectivity index (χ0) is 20.3. The van der Waals surface area contributed by atoms with Crippen LogP contribution >= 0.6 is 0 Å². The van der Waals surface area contributed by atoms with Gasteiger partial charge in [0.2, 0.25) is 5.82 Å². The maximum absolute atomic E-state index is 5.87. The Morgan fingerprint density at radius 1 is 1.03 bits per heavy atom. The van der Waals surface area contributed by atoms with Gasteiger partial charge >= 0.3 is 0 Å². The van der Waals surface area contributed by atoms with Crippen LogP contribution in [0, 0.1) is 6.92 Å². The van der Waals surface area contributed by atoms with Crippen LogP contribution in [0.2, 0.25) is 0 Å². The molecule has 30 heavy (non-hydrogen) atoms. The number of nitrogens with one attached hydrogen (secondary N) is 2. The van der Waals surface area contributed by atoms with Crippen molar-refractivity contribution in [3.8, 4) is 0 Å². The predicted molar refractivity (Wildman–Crippen MR) is 113 cm³/mol. The largest absolute Gasteiger partial charge is 0.376 e. The Kier molecular flexibility index (Phi) is 6.11. The van der Waals surface area contributed by atoms with E-state index >= 15 is 0 Å². The number of aromatic nitrogens is 4. The van der Waals surface area contributed by atoms with Gasteiger partial charge in [-0.1, -0.05) is 29.8 Å². The standard InChI is InChI=1S/C23H34N6O/c1-18-8-10-19(11-9-18)22(23-24-25-26-29(23)17-21-7-4-16-30-21)28-14-12-27(13-15-28)20-5-2-3-6-20/h8-11,20-22H,2-7,12-17H2,1H3/p+2/t21-,22+/m1/s1. The molecule has 5 rings (SSSR count). The van der Waals surface area contributed by atoms with E-state index in [9.17, 15) is 0 Å². The van der Waals surface area contributed by atoms with Gasteiger partial charge in [0.05, 0.1) is 18.7 Å². The minimum atomic E-state index is 0.187. The minimum Gasteiger partial charge on any atom is -0.376 e. The number of benzene rings is 1. The van der Waals surface area contributed by atoms with Crippen LogP contribution in [-0.4, -0.2) is 65.1 Å². The lowest BCUT2D eigenvalue weighted by Gasteiger charge is -2.36. The number of hydrogen-bond donors (Lipinski definition) is 2. The fourth-order valence-electron chi connectivity index (χ4n) is 5.78. The monoisotopic (exact) mass is 412 g/mol. The lowest BCUT2D eigenvalue weighted by Crippen LogP contribution is -3.29. The Labute approximate surface area is 179 Å². The van der Waals surface area contributed by atoms with Crippen molar-refractivity contribution in [1.82, 2.24) is 20.2 Å². The number of piperazine rings is 1. The van der Waals surface area contributed by atoms with Gasteiger partial charge in [-0.05, 0) is 55.9 Å². The van der Waals surface area contributed by atoms with Gasteiger partial charge in [-0.2, -0.15) is 0 Å². The maximum Gasteiger partial charge on any atom is 0.214 e. The van der Waals surface area contributed by atoms with Crippen molar-refractivity contribution >= 4 is 0 Å². The summed E-state index contributed by atoms with van der Waals surface area (Å²) in [7, 11) is 0. The van der Waals surface area contributed by atoms with E-state index in [2.05, 4.69) is 46.7 Å². The van der Waals surface area contributed by atoms with E-state index in [-0.39, 0.29) is 12.1 Å². The number of quaternary nitrogens is 2. The Morgan fingerprint density at radius 3 is 2.50 bits per heavy atom. The van der Waals surface area contributed by atoms with E-state index in [4.69, 9.17) is 4.74 Å². The molecule has 0 radical (unpaired) electrons. The molecule has 3 fully saturated rings. The third kappa shape index (κ3) is 4.29. The SMILES string of the molecule is Cc1ccc([C@@H](c2nnnn2C[C@H]2CCCO2)[NH+]2CC[NH+](C3CCCC3)CC2)cc1. The molecule has 7 nitrogen and oxygen atoms in total. The molecule has 3 heterocycles. The maximum atomic E-state index is 5.87. The van der Waals surface area contributed by atoms with Crippen molar-refractivity contribution in [1.29, 1.82) is 0 Å². The van der Waals surface area contributed by atoms with Crippen LogP contribution in [0.5, 0.6) is 0 Å². The van der Waals surface area contributed by atoms with Gasteiger partial charge in [0.1, 0.15) is 26.2 Å². The molecule has 0 spiro atoms. The second kappa shape index (κ2) is 9.12. The molecule has 1 saturated carbocycles. The van der Waals surface area contributed by atoms with Crippen LogP contribution in [-0.2, 0) is 11.3 Å². The summed E-state index contributed by atoms with van der Waals surface area (Å²) in [5, 5.41) is 13.0. The molecule has 1 aromatic heterocycles. The average molecular weight is 413 g/mol. The van der Waals surface area contributed by atoms with Crippen molar-refractivity contribution in [2.24, 2.45) is 0 Å². The molecular weight excluding hydrogens is 376 g/mol. The Bertz CT molecular complexity index is 801. The van der Waals surface area contributed by atoms with Crippen molar-refractivity contribution in [2.75, 3.05) is 32.8 Å². The molecule has 2 N–H and O–H groups in total. The van der Waals surface area contributed by atoms with Gasteiger partial charge < -0.3 is 14.5 Å². The molecule has 2 saturated heterocycles. The van der Waals surface area contributed by atoms with Crippen LogP contribution in [0.3, 0.4) is 0 Å². The first-order chi connectivity index (χ1) is 14.8. The van der Waals surface area contributed by atoms with Crippen LogP contribution in [0.1, 0.15) is 61.5 Å². The number of hydrogen-bond acceptors (Lipinski definition) is 4. The van der Waals surface area contributed by atoms with E-state index in [1.54, 1.807) is 4.90 Å². The molecule has 2 atom stereocenters. The van der Waals surface area contributed by atoms with Crippen molar-refractivity contribution in [3.05, 3.63) is 41.2 Å². The summed E-state index contributed by atoms with van der Waals surface area (Å²) < 4.78 is 7.89. The van der Waals surface area contributed by atoms with Crippen LogP contribution < -0.4 is 9.80 Å². The summed E-state index contributed by atoms with van der Waals surface area (Å²) in [6.07, 6.45) is 8.18. The Balaban J connectivity index is 1.38. The van der Waals surface area contributed by atoms with Crippen LogP contribution in [0.15, 0.2) is 24.3 Å². The van der Waals surface area contributed by atoms with Crippen molar-refractivity contribution in [3.63, 3.8) is 0 Å². The molecule has 0 unspecified atom stereocenters. The lowest BCUT2D eigenvalue weighted by molar-refractivity contribution is -1.03. The summed E-state index contributed by atoms with van der Waals surface area (Å²) in [5.74, 6) is 0.994. The van der Waals surface area contributed by atoms with E-state index in [1.165, 1.54) is 63.0 Å². The molecule has 3 aliphatic rings. The summed E-state index contributed by atoms with van der Waals surface area (Å²) in [5.41, 5.74) is 2.62. The first-order valence-electron chi connectivity index (χ1n) is 11.9. The summed E-state index contributed by atoms with van der Waals surface area (Å²) >= 11 is 0. The molecule has 0 amide bonds. The van der Waals surface area contributed by atoms with Gasteiger partial charge in [0.15, 0.2) is 6.04 Å². The highest BCUT2D eigenvalue weighted by atomic mass is 16.5. The highest BCUT2D eigenvalue weighted by Gasteiger charge is 2.38. The third-order valence-electron chi connectivity index (χ3n) is 7.50. The fourth-order valence-corrected chi connectivity index (χ4v) is 5.78. The topological polar surface area (TPSA) is 61.7 Å². The van der Waals surface area contributed by atoms with Crippen LogP contribution in [0.25, 0.3) is 0 Å². The number of rotatable bonds is 6. The van der Waals surface area contributed by atoms with Crippen molar-refractivity contribution < 1.29 is 14.5 Å². The summed E-state index contributed by atoms with van der Waals surface area (Å²) in [4.78, 5) is 3.43. The third-order valence-corrected chi connectivity index (χ3v) is 7.50. The fraction of sp³-hybridized carbons (Fsp3) is 0.696. The van der Waals surface area contributed by atoms with E-state index in [0.717, 1.165) is 37.9 Å². The molecule has 1 aliphatic carbocycles. The first-order valence-corrected chi connectivity index (χ1v) is 11.9. The summed E-state index contributed by atoms with van der Waals surface area (Å²) in [6, 6.07) is 10.1. The molecule has 1 aromatic carbocycles. The second-order valence-corrected chi connectivity index (χ2v) is 9.50. The van der Waals surface area contributed by atoms with Crippen molar-refractivity contribution in [2.45, 2.75) is 70.2 Å². The molecule has 0 bridgehead atoms. The summed E-state index contributed by atoms with van der Waals surface area (Å²) in [6.45, 7) is 8.65. The van der Waals surface area contributed by atoms with E-state index < -0.39 is 0 Å². The Hall–Kier alpha value is -1.83. The normalized spacial score (nSPS) is 28.8. The molecule has 2 aliphatic heterocycles. The van der Waals surface area contributed by atoms with Gasteiger partial charge in [-0.25, -0.2) is 4.68 Å². The van der Waals surface area contributed by atoms with E-state index in [1.807, 2.05) is 9.58 Å². The number of nitrogens with zero attached hydrogens (tertiary/aromatic N) is 4. The van der Waals surface area contributed by atoms with Crippen LogP contribution in [0.4, 0.5) is 0 Å². The highest BCUT2D eigenvalue weighted by Crippen LogP contribution is 2.20. The first kappa shape index (κ1) is 20.1. The Morgan fingerprint density at radius 2 is 1.80 bits per heavy atom. The predicted octanol–water partition coefficient (Wildman–Crippen LogP) is -0.0241. The molecule has 162 valence electrons. The molecule has 7 heteroatoms. The van der Waals surface area contributed by atoms with E-state index in [0.29, 0.717) is 0 Å².